The topological polar surface area (TPSA) is 130 Å². The maximum Gasteiger partial charge on any atom is 0.163 e. The van der Waals surface area contributed by atoms with E-state index in [2.05, 4.69) is 33.5 Å². The number of hydrogen-bond acceptors (Lipinski definition) is 7. The molecule has 0 aliphatic heterocycles. The molecule has 0 radical (unpaired) electrons. The van der Waals surface area contributed by atoms with Gasteiger partial charge in [-0.25, -0.2) is 4.98 Å². The Hall–Kier alpha value is -3.12. The average molecular weight is 394 g/mol. The van der Waals surface area contributed by atoms with Gasteiger partial charge in [0.1, 0.15) is 23.3 Å². The number of nitrogens with two attached hydrogens (primary N) is 1. The molecule has 3 aromatic heterocycles. The molecule has 0 unspecified atom stereocenters. The van der Waals surface area contributed by atoms with Gasteiger partial charge in [-0.1, -0.05) is 13.3 Å². The van der Waals surface area contributed by atoms with Crippen molar-refractivity contribution in [2.45, 2.75) is 51.5 Å². The van der Waals surface area contributed by atoms with Crippen LogP contribution in [-0.4, -0.2) is 42.6 Å². The van der Waals surface area contributed by atoms with E-state index in [9.17, 15) is 10.4 Å². The third kappa shape index (κ3) is 3.29. The molecule has 0 saturated heterocycles. The van der Waals surface area contributed by atoms with Gasteiger partial charge in [0.05, 0.1) is 23.5 Å². The van der Waals surface area contributed by atoms with Gasteiger partial charge in [-0.2, -0.15) is 20.0 Å². The maximum atomic E-state index is 9.59. The summed E-state index contributed by atoms with van der Waals surface area (Å²) in [4.78, 5) is 4.67. The molecule has 152 valence electrons. The summed E-state index contributed by atoms with van der Waals surface area (Å²) < 4.78 is 3.44. The van der Waals surface area contributed by atoms with Crippen LogP contribution in [-0.2, 0) is 18.4 Å². The van der Waals surface area contributed by atoms with E-state index in [0.717, 1.165) is 42.6 Å². The Bertz CT molecular complexity index is 1090. The number of fused-ring (bicyclic) bond motifs is 1. The summed E-state index contributed by atoms with van der Waals surface area (Å²) >= 11 is 0. The minimum Gasteiger partial charge on any atom is -0.394 e. The second-order valence-electron chi connectivity index (χ2n) is 7.69. The fourth-order valence-corrected chi connectivity index (χ4v) is 3.67. The molecule has 0 spiro atoms. The van der Waals surface area contributed by atoms with Crippen LogP contribution in [0.4, 0.5) is 11.6 Å². The van der Waals surface area contributed by atoms with Gasteiger partial charge in [0.2, 0.25) is 0 Å². The van der Waals surface area contributed by atoms with Crippen LogP contribution in [0.3, 0.4) is 0 Å². The van der Waals surface area contributed by atoms with Crippen molar-refractivity contribution < 1.29 is 5.11 Å². The summed E-state index contributed by atoms with van der Waals surface area (Å²) in [5.41, 5.74) is 9.89. The zero-order valence-corrected chi connectivity index (χ0v) is 16.8. The SMILES string of the molecule is CCCc1c(C)nn2c(N)c(C#N)c(NCCc3ccn(C4(CO)CC4)n3)nc12. The smallest absolute Gasteiger partial charge is 0.163 e. The van der Waals surface area contributed by atoms with Crippen molar-refractivity contribution in [3.63, 3.8) is 0 Å². The van der Waals surface area contributed by atoms with Gasteiger partial charge in [-0.05, 0) is 32.3 Å². The third-order valence-electron chi connectivity index (χ3n) is 5.63. The number of anilines is 2. The van der Waals surface area contributed by atoms with E-state index >= 15 is 0 Å². The summed E-state index contributed by atoms with van der Waals surface area (Å²) in [7, 11) is 0. The van der Waals surface area contributed by atoms with Crippen LogP contribution in [0.5, 0.6) is 0 Å². The highest BCUT2D eigenvalue weighted by Gasteiger charge is 2.44. The van der Waals surface area contributed by atoms with E-state index in [1.165, 1.54) is 0 Å². The first-order valence-electron chi connectivity index (χ1n) is 10.0. The lowest BCUT2D eigenvalue weighted by Gasteiger charge is -2.12. The summed E-state index contributed by atoms with van der Waals surface area (Å²) in [6.45, 7) is 4.73. The summed E-state index contributed by atoms with van der Waals surface area (Å²) in [6.07, 6.45) is 6.35. The van der Waals surface area contributed by atoms with Gasteiger partial charge in [-0.15, -0.1) is 0 Å². The van der Waals surface area contributed by atoms with E-state index in [4.69, 9.17) is 5.73 Å². The quantitative estimate of drug-likeness (QED) is 0.531. The average Bonchev–Trinajstić information content (AvgIpc) is 3.27. The van der Waals surface area contributed by atoms with Crippen LogP contribution in [0.15, 0.2) is 12.3 Å². The number of nitrogens with one attached hydrogen (secondary N) is 1. The van der Waals surface area contributed by atoms with Crippen LogP contribution in [0.1, 0.15) is 48.7 Å². The van der Waals surface area contributed by atoms with E-state index in [1.807, 2.05) is 23.9 Å². The van der Waals surface area contributed by atoms with E-state index < -0.39 is 0 Å². The Kier molecular flexibility index (Phi) is 4.88. The number of aliphatic hydroxyl groups is 1. The Balaban J connectivity index is 1.54. The van der Waals surface area contributed by atoms with E-state index in [-0.39, 0.29) is 12.1 Å². The molecule has 9 heteroatoms. The molecule has 0 aromatic carbocycles. The number of nitrogen functional groups attached to an aromatic ring is 1. The fraction of sp³-hybridized carbons (Fsp3) is 0.500. The molecule has 1 fully saturated rings. The van der Waals surface area contributed by atoms with Gasteiger partial charge < -0.3 is 16.2 Å². The lowest BCUT2D eigenvalue weighted by Crippen LogP contribution is -2.22. The highest BCUT2D eigenvalue weighted by atomic mass is 16.3. The first kappa shape index (κ1) is 19.2. The number of aryl methyl sites for hydroxylation is 2. The minimum absolute atomic E-state index is 0.117. The molecule has 0 bridgehead atoms. The van der Waals surface area contributed by atoms with Crippen molar-refractivity contribution >= 4 is 17.3 Å². The third-order valence-corrected chi connectivity index (χ3v) is 5.63. The lowest BCUT2D eigenvalue weighted by molar-refractivity contribution is 0.202. The Morgan fingerprint density at radius 2 is 2.14 bits per heavy atom. The molecule has 29 heavy (non-hydrogen) atoms. The number of nitrogens with zero attached hydrogens (tertiary/aromatic N) is 6. The molecule has 9 nitrogen and oxygen atoms in total. The van der Waals surface area contributed by atoms with Crippen molar-refractivity contribution in [2.24, 2.45) is 0 Å². The summed E-state index contributed by atoms with van der Waals surface area (Å²) in [6, 6.07) is 4.11. The van der Waals surface area contributed by atoms with Crippen LogP contribution in [0.25, 0.3) is 5.65 Å². The zero-order chi connectivity index (χ0) is 20.6. The largest absolute Gasteiger partial charge is 0.394 e. The van der Waals surface area contributed by atoms with Crippen molar-refractivity contribution in [3.05, 3.63) is 34.8 Å². The minimum atomic E-state index is -0.198. The Labute approximate surface area is 169 Å². The molecule has 1 aliphatic carbocycles. The van der Waals surface area contributed by atoms with Gasteiger partial charge in [0, 0.05) is 24.7 Å². The van der Waals surface area contributed by atoms with Gasteiger partial charge in [-0.3, -0.25) is 4.68 Å². The maximum absolute atomic E-state index is 9.59. The normalized spacial score (nSPS) is 14.8. The molecule has 0 amide bonds. The molecule has 4 rings (SSSR count). The zero-order valence-electron chi connectivity index (χ0n) is 16.8. The number of hydrogen-bond donors (Lipinski definition) is 3. The fourth-order valence-electron chi connectivity index (χ4n) is 3.67. The summed E-state index contributed by atoms with van der Waals surface area (Å²) in [5.74, 6) is 0.775. The molecular formula is C20H26N8O. The molecule has 0 atom stereocenters. The molecule has 1 saturated carbocycles. The standard InChI is InChI=1S/C20H26N8O/c1-3-4-15-13(2)25-28-17(22)16(11-21)18(24-19(15)28)23-9-5-14-6-10-27(26-14)20(12-29)7-8-20/h6,10,29H,3-5,7-9,12,22H2,1-2H3,(H,23,24). The molecule has 4 N–H and O–H groups in total. The first-order chi connectivity index (χ1) is 14.0. The summed E-state index contributed by atoms with van der Waals surface area (Å²) in [5, 5.41) is 31.4. The van der Waals surface area contributed by atoms with Gasteiger partial charge in [0.15, 0.2) is 5.65 Å². The van der Waals surface area contributed by atoms with Crippen molar-refractivity contribution in [2.75, 3.05) is 24.2 Å². The van der Waals surface area contributed by atoms with Crippen LogP contribution in [0.2, 0.25) is 0 Å². The second kappa shape index (κ2) is 7.37. The van der Waals surface area contributed by atoms with Gasteiger partial charge in [0.25, 0.3) is 0 Å². The van der Waals surface area contributed by atoms with E-state index in [1.54, 1.807) is 4.52 Å². The number of nitriles is 1. The van der Waals surface area contributed by atoms with Gasteiger partial charge >= 0.3 is 0 Å². The predicted octanol–water partition coefficient (Wildman–Crippen LogP) is 1.78. The van der Waals surface area contributed by atoms with Crippen molar-refractivity contribution in [1.82, 2.24) is 24.4 Å². The van der Waals surface area contributed by atoms with Crippen LogP contribution < -0.4 is 11.1 Å². The molecule has 3 heterocycles. The first-order valence-corrected chi connectivity index (χ1v) is 10.0. The van der Waals surface area contributed by atoms with Crippen molar-refractivity contribution in [3.8, 4) is 6.07 Å². The van der Waals surface area contributed by atoms with Crippen LogP contribution in [0, 0.1) is 18.3 Å². The number of aliphatic hydroxyl groups excluding tert-OH is 1. The van der Waals surface area contributed by atoms with E-state index in [0.29, 0.717) is 35.8 Å². The van der Waals surface area contributed by atoms with Crippen molar-refractivity contribution in [1.29, 1.82) is 5.26 Å². The number of aromatic nitrogens is 5. The molecule has 1 aliphatic rings. The Morgan fingerprint density at radius 1 is 1.34 bits per heavy atom. The van der Waals surface area contributed by atoms with Crippen LogP contribution >= 0.6 is 0 Å². The lowest BCUT2D eigenvalue weighted by atomic mass is 10.1. The number of rotatable bonds is 8. The molecular weight excluding hydrogens is 368 g/mol. The predicted molar refractivity (Wildman–Crippen MR) is 110 cm³/mol. The molecule has 3 aromatic rings. The second-order valence-corrected chi connectivity index (χ2v) is 7.69. The highest BCUT2D eigenvalue weighted by molar-refractivity contribution is 5.69. The highest BCUT2D eigenvalue weighted by Crippen LogP contribution is 2.42. The Morgan fingerprint density at radius 3 is 2.79 bits per heavy atom. The monoisotopic (exact) mass is 394 g/mol.